The first-order valence-corrected chi connectivity index (χ1v) is 9.96. The number of amidine groups is 1. The molecular formula is C19H32N6O. The quantitative estimate of drug-likeness (QED) is 0.624. The number of carbonyl (C=O) groups is 1. The second-order valence-electron chi connectivity index (χ2n) is 7.80. The fraction of sp³-hybridized carbons (Fsp3) is 0.737. The predicted octanol–water partition coefficient (Wildman–Crippen LogP) is 2.99. The van der Waals surface area contributed by atoms with E-state index in [-0.39, 0.29) is 5.92 Å². The molecule has 3 N–H and O–H groups in total. The smallest absolute Gasteiger partial charge is 0.347 e. The lowest BCUT2D eigenvalue weighted by Gasteiger charge is -2.33. The van der Waals surface area contributed by atoms with E-state index in [1.807, 2.05) is 0 Å². The molecule has 7 heteroatoms. The van der Waals surface area contributed by atoms with Crippen molar-refractivity contribution in [3.05, 3.63) is 12.4 Å². The SMILES string of the molecule is Cn1cc(NC(=O)/N=C(\N)C2CCCN(CCC3CCCCC3)C2)cn1. The molecule has 144 valence electrons. The highest BCUT2D eigenvalue weighted by atomic mass is 16.2. The molecule has 1 unspecified atom stereocenters. The molecule has 26 heavy (non-hydrogen) atoms. The molecule has 1 saturated carbocycles. The number of anilines is 1. The number of carbonyl (C=O) groups excluding carboxylic acids is 1. The van der Waals surface area contributed by atoms with Crippen molar-refractivity contribution in [2.75, 3.05) is 25.0 Å². The number of nitrogens with zero attached hydrogens (tertiary/aromatic N) is 4. The molecule has 0 bridgehead atoms. The maximum absolute atomic E-state index is 12.1. The maximum Gasteiger partial charge on any atom is 0.347 e. The van der Waals surface area contributed by atoms with Crippen LogP contribution in [0.1, 0.15) is 51.4 Å². The van der Waals surface area contributed by atoms with Crippen LogP contribution in [-0.4, -0.2) is 46.2 Å². The monoisotopic (exact) mass is 360 g/mol. The van der Waals surface area contributed by atoms with E-state index >= 15 is 0 Å². The van der Waals surface area contributed by atoms with Gasteiger partial charge in [-0.3, -0.25) is 4.68 Å². The Labute approximate surface area is 156 Å². The lowest BCUT2D eigenvalue weighted by molar-refractivity contribution is 0.182. The van der Waals surface area contributed by atoms with Crippen LogP contribution in [0.3, 0.4) is 0 Å². The number of rotatable bonds is 5. The van der Waals surface area contributed by atoms with E-state index in [2.05, 4.69) is 20.3 Å². The number of likely N-dealkylation sites (tertiary alicyclic amines) is 1. The first kappa shape index (κ1) is 18.9. The summed E-state index contributed by atoms with van der Waals surface area (Å²) in [5.41, 5.74) is 6.78. The molecule has 7 nitrogen and oxygen atoms in total. The Hall–Kier alpha value is -1.89. The topological polar surface area (TPSA) is 88.5 Å². The van der Waals surface area contributed by atoms with Crippen LogP contribution >= 0.6 is 0 Å². The van der Waals surface area contributed by atoms with Crippen LogP contribution in [0, 0.1) is 11.8 Å². The van der Waals surface area contributed by atoms with Crippen molar-refractivity contribution in [3.8, 4) is 0 Å². The van der Waals surface area contributed by atoms with Gasteiger partial charge in [-0.1, -0.05) is 32.1 Å². The predicted molar refractivity (Wildman–Crippen MR) is 104 cm³/mol. The molecular weight excluding hydrogens is 328 g/mol. The summed E-state index contributed by atoms with van der Waals surface area (Å²) in [6.45, 7) is 3.21. The van der Waals surface area contributed by atoms with Gasteiger partial charge >= 0.3 is 6.03 Å². The van der Waals surface area contributed by atoms with Crippen LogP contribution in [-0.2, 0) is 7.05 Å². The van der Waals surface area contributed by atoms with Crippen molar-refractivity contribution in [1.82, 2.24) is 14.7 Å². The largest absolute Gasteiger partial charge is 0.387 e. The van der Waals surface area contributed by atoms with Crippen LogP contribution in [0.25, 0.3) is 0 Å². The van der Waals surface area contributed by atoms with Gasteiger partial charge in [0.15, 0.2) is 0 Å². The number of piperidine rings is 1. The summed E-state index contributed by atoms with van der Waals surface area (Å²) in [5.74, 6) is 1.53. The Bertz CT molecular complexity index is 619. The molecule has 1 aliphatic carbocycles. The maximum atomic E-state index is 12.1. The van der Waals surface area contributed by atoms with Gasteiger partial charge in [-0.05, 0) is 38.3 Å². The van der Waals surface area contributed by atoms with E-state index in [0.29, 0.717) is 11.5 Å². The zero-order valence-corrected chi connectivity index (χ0v) is 15.9. The Kier molecular flexibility index (Phi) is 6.66. The lowest BCUT2D eigenvalue weighted by Crippen LogP contribution is -2.42. The third-order valence-corrected chi connectivity index (χ3v) is 5.69. The van der Waals surface area contributed by atoms with E-state index in [4.69, 9.17) is 5.73 Å². The molecule has 1 aromatic rings. The van der Waals surface area contributed by atoms with Crippen molar-refractivity contribution >= 4 is 17.6 Å². The number of aliphatic imine (C=N–C) groups is 1. The standard InChI is InChI=1S/C19H32N6O/c1-24-14-17(12-21-24)22-19(26)23-18(20)16-8-5-10-25(13-16)11-9-15-6-3-2-4-7-15/h12,14-16H,2-11,13H2,1H3,(H3,20,22,23,26). The second kappa shape index (κ2) is 9.16. The van der Waals surface area contributed by atoms with Gasteiger partial charge < -0.3 is 16.0 Å². The molecule has 2 fully saturated rings. The van der Waals surface area contributed by atoms with Crippen molar-refractivity contribution < 1.29 is 4.79 Å². The van der Waals surface area contributed by atoms with E-state index in [9.17, 15) is 4.79 Å². The van der Waals surface area contributed by atoms with Gasteiger partial charge in [0, 0.05) is 25.7 Å². The fourth-order valence-electron chi connectivity index (χ4n) is 4.19. The molecule has 0 radical (unpaired) electrons. The normalized spacial score (nSPS) is 23.1. The van der Waals surface area contributed by atoms with Crippen LogP contribution in [0.5, 0.6) is 0 Å². The number of aromatic nitrogens is 2. The number of nitrogens with two attached hydrogens (primary N) is 1. The van der Waals surface area contributed by atoms with Gasteiger partial charge in [0.25, 0.3) is 0 Å². The number of amides is 2. The van der Waals surface area contributed by atoms with Gasteiger partial charge in [-0.2, -0.15) is 10.1 Å². The number of hydrogen-bond donors (Lipinski definition) is 2. The summed E-state index contributed by atoms with van der Waals surface area (Å²) in [6, 6.07) is -0.421. The van der Waals surface area contributed by atoms with E-state index in [1.165, 1.54) is 38.5 Å². The molecule has 1 atom stereocenters. The minimum Gasteiger partial charge on any atom is -0.387 e. The summed E-state index contributed by atoms with van der Waals surface area (Å²) in [4.78, 5) is 18.6. The van der Waals surface area contributed by atoms with E-state index < -0.39 is 6.03 Å². The second-order valence-corrected chi connectivity index (χ2v) is 7.80. The van der Waals surface area contributed by atoms with Gasteiger partial charge in [-0.15, -0.1) is 0 Å². The van der Waals surface area contributed by atoms with Crippen LogP contribution < -0.4 is 11.1 Å². The first-order chi connectivity index (χ1) is 12.6. The Morgan fingerprint density at radius 2 is 2.12 bits per heavy atom. The van der Waals surface area contributed by atoms with Gasteiger partial charge in [0.1, 0.15) is 5.84 Å². The number of urea groups is 1. The lowest BCUT2D eigenvalue weighted by atomic mass is 9.86. The van der Waals surface area contributed by atoms with Crippen molar-refractivity contribution in [2.24, 2.45) is 29.6 Å². The minimum atomic E-state index is -0.421. The highest BCUT2D eigenvalue weighted by Gasteiger charge is 2.24. The van der Waals surface area contributed by atoms with Crippen LogP contribution in [0.2, 0.25) is 0 Å². The van der Waals surface area contributed by atoms with Gasteiger partial charge in [-0.25, -0.2) is 4.79 Å². The number of aryl methyl sites for hydroxylation is 1. The molecule has 1 saturated heterocycles. The summed E-state index contributed by atoms with van der Waals surface area (Å²) in [6.07, 6.45) is 13.8. The summed E-state index contributed by atoms with van der Waals surface area (Å²) in [7, 11) is 1.80. The molecule has 1 aliphatic heterocycles. The van der Waals surface area contributed by atoms with Crippen molar-refractivity contribution in [1.29, 1.82) is 0 Å². The highest BCUT2D eigenvalue weighted by Crippen LogP contribution is 2.27. The van der Waals surface area contributed by atoms with Crippen LogP contribution in [0.15, 0.2) is 17.4 Å². The Morgan fingerprint density at radius 1 is 1.31 bits per heavy atom. The molecule has 2 aliphatic rings. The number of hydrogen-bond acceptors (Lipinski definition) is 3. The summed E-state index contributed by atoms with van der Waals surface area (Å²) < 4.78 is 1.63. The Morgan fingerprint density at radius 3 is 2.85 bits per heavy atom. The van der Waals surface area contributed by atoms with Gasteiger partial charge in [0.2, 0.25) is 0 Å². The highest BCUT2D eigenvalue weighted by molar-refractivity contribution is 6.00. The molecule has 1 aromatic heterocycles. The summed E-state index contributed by atoms with van der Waals surface area (Å²) in [5, 5.41) is 6.73. The molecule has 0 spiro atoms. The van der Waals surface area contributed by atoms with Crippen molar-refractivity contribution in [3.63, 3.8) is 0 Å². The Balaban J connectivity index is 1.46. The van der Waals surface area contributed by atoms with Crippen LogP contribution in [0.4, 0.5) is 10.5 Å². The van der Waals surface area contributed by atoms with E-state index in [0.717, 1.165) is 38.4 Å². The fourth-order valence-corrected chi connectivity index (χ4v) is 4.19. The number of nitrogens with one attached hydrogen (secondary N) is 1. The third-order valence-electron chi connectivity index (χ3n) is 5.69. The van der Waals surface area contributed by atoms with Gasteiger partial charge in [0.05, 0.1) is 11.9 Å². The zero-order valence-electron chi connectivity index (χ0n) is 15.9. The molecule has 2 amide bonds. The zero-order chi connectivity index (χ0) is 18.4. The first-order valence-electron chi connectivity index (χ1n) is 9.96. The summed E-state index contributed by atoms with van der Waals surface area (Å²) >= 11 is 0. The molecule has 3 rings (SSSR count). The average Bonchev–Trinajstić information content (AvgIpc) is 3.05. The minimum absolute atomic E-state index is 0.176. The van der Waals surface area contributed by atoms with E-state index in [1.54, 1.807) is 24.1 Å². The molecule has 0 aromatic carbocycles. The van der Waals surface area contributed by atoms with Crippen molar-refractivity contribution in [2.45, 2.75) is 51.4 Å². The molecule has 2 heterocycles. The average molecular weight is 361 g/mol. The third kappa shape index (κ3) is 5.56.